The predicted molar refractivity (Wildman–Crippen MR) is 76.9 cm³/mol. The smallest absolute Gasteiger partial charge is 0.153 e. The SMILES string of the molecule is O=S(=O)(CC1CCCO1)CC1(CBr)CCCCC1. The zero-order valence-corrected chi connectivity index (χ0v) is 13.3. The number of sulfone groups is 1. The second-order valence-corrected chi connectivity index (χ2v) is 8.55. The molecule has 1 aliphatic heterocycles. The lowest BCUT2D eigenvalue weighted by atomic mass is 9.77. The van der Waals surface area contributed by atoms with E-state index in [1.165, 1.54) is 19.3 Å². The van der Waals surface area contributed by atoms with E-state index >= 15 is 0 Å². The summed E-state index contributed by atoms with van der Waals surface area (Å²) in [6.45, 7) is 0.726. The van der Waals surface area contributed by atoms with Crippen LogP contribution < -0.4 is 0 Å². The van der Waals surface area contributed by atoms with E-state index in [0.717, 1.165) is 37.6 Å². The molecule has 1 heterocycles. The van der Waals surface area contributed by atoms with Crippen LogP contribution in [-0.4, -0.2) is 38.0 Å². The van der Waals surface area contributed by atoms with Gasteiger partial charge >= 0.3 is 0 Å². The number of ether oxygens (including phenoxy) is 1. The maximum Gasteiger partial charge on any atom is 0.153 e. The molecule has 0 spiro atoms. The molecular weight excluding hydrogens is 316 g/mol. The van der Waals surface area contributed by atoms with E-state index in [0.29, 0.717) is 5.75 Å². The number of hydrogen-bond acceptors (Lipinski definition) is 3. The minimum atomic E-state index is -2.99. The third kappa shape index (κ3) is 3.94. The lowest BCUT2D eigenvalue weighted by Crippen LogP contribution is -2.36. The average molecular weight is 339 g/mol. The maximum absolute atomic E-state index is 12.3. The topological polar surface area (TPSA) is 43.4 Å². The standard InChI is InChI=1S/C13H23BrO3S/c14-10-13(6-2-1-3-7-13)11-18(15,16)9-12-5-4-8-17-12/h12H,1-11H2. The number of hydrogen-bond donors (Lipinski definition) is 0. The maximum atomic E-state index is 12.3. The summed E-state index contributed by atoms with van der Waals surface area (Å²) in [5.41, 5.74) is -0.0182. The van der Waals surface area contributed by atoms with Crippen LogP contribution in [-0.2, 0) is 14.6 Å². The Kier molecular flexibility index (Phi) is 5.12. The predicted octanol–water partition coefficient (Wildman–Crippen LogP) is 2.93. The Morgan fingerprint density at radius 1 is 1.17 bits per heavy atom. The molecule has 2 aliphatic rings. The molecule has 5 heteroatoms. The van der Waals surface area contributed by atoms with Crippen molar-refractivity contribution in [2.24, 2.45) is 5.41 Å². The van der Waals surface area contributed by atoms with Crippen molar-refractivity contribution in [2.45, 2.75) is 51.0 Å². The van der Waals surface area contributed by atoms with Crippen LogP contribution in [0.2, 0.25) is 0 Å². The van der Waals surface area contributed by atoms with Gasteiger partial charge in [0.15, 0.2) is 9.84 Å². The van der Waals surface area contributed by atoms with E-state index in [4.69, 9.17) is 4.74 Å². The first-order chi connectivity index (χ1) is 8.55. The van der Waals surface area contributed by atoms with Gasteiger partial charge in [-0.15, -0.1) is 0 Å². The third-order valence-corrected chi connectivity index (χ3v) is 7.31. The Morgan fingerprint density at radius 3 is 2.44 bits per heavy atom. The van der Waals surface area contributed by atoms with Gasteiger partial charge in [-0.1, -0.05) is 35.2 Å². The third-order valence-electron chi connectivity index (χ3n) is 4.19. The molecule has 2 rings (SSSR count). The van der Waals surface area contributed by atoms with Gasteiger partial charge in [0.2, 0.25) is 0 Å². The van der Waals surface area contributed by atoms with Gasteiger partial charge in [-0.25, -0.2) is 8.42 Å². The fourth-order valence-corrected chi connectivity index (χ4v) is 6.50. The summed E-state index contributed by atoms with van der Waals surface area (Å²) in [6.07, 6.45) is 7.53. The largest absolute Gasteiger partial charge is 0.377 e. The van der Waals surface area contributed by atoms with Crippen molar-refractivity contribution in [3.63, 3.8) is 0 Å². The van der Waals surface area contributed by atoms with E-state index in [1.54, 1.807) is 0 Å². The molecule has 1 atom stereocenters. The zero-order valence-electron chi connectivity index (χ0n) is 10.9. The summed E-state index contributed by atoms with van der Waals surface area (Å²) in [6, 6.07) is 0. The van der Waals surface area contributed by atoms with Crippen molar-refractivity contribution < 1.29 is 13.2 Å². The highest BCUT2D eigenvalue weighted by Gasteiger charge is 2.37. The molecule has 1 unspecified atom stereocenters. The summed E-state index contributed by atoms with van der Waals surface area (Å²) in [5, 5.41) is 0.810. The Labute approximate surface area is 119 Å². The molecule has 0 aromatic carbocycles. The minimum absolute atomic E-state index is 0.0182. The highest BCUT2D eigenvalue weighted by Crippen LogP contribution is 2.39. The Balaban J connectivity index is 1.96. The van der Waals surface area contributed by atoms with Crippen LogP contribution in [0, 0.1) is 5.41 Å². The van der Waals surface area contributed by atoms with Crippen LogP contribution in [0.25, 0.3) is 0 Å². The molecule has 0 aromatic rings. The molecule has 0 bridgehead atoms. The van der Waals surface area contributed by atoms with E-state index < -0.39 is 9.84 Å². The van der Waals surface area contributed by atoms with E-state index in [9.17, 15) is 8.42 Å². The highest BCUT2D eigenvalue weighted by molar-refractivity contribution is 9.09. The van der Waals surface area contributed by atoms with Crippen LogP contribution in [0.3, 0.4) is 0 Å². The molecular formula is C13H23BrO3S. The Hall–Kier alpha value is 0.390. The molecule has 0 radical (unpaired) electrons. The van der Waals surface area contributed by atoms with Crippen LogP contribution in [0.1, 0.15) is 44.9 Å². The van der Waals surface area contributed by atoms with Crippen LogP contribution in [0.4, 0.5) is 0 Å². The molecule has 18 heavy (non-hydrogen) atoms. The monoisotopic (exact) mass is 338 g/mol. The van der Waals surface area contributed by atoms with Crippen LogP contribution in [0.5, 0.6) is 0 Å². The summed E-state index contributed by atoms with van der Waals surface area (Å²) >= 11 is 3.54. The van der Waals surface area contributed by atoms with Gasteiger partial charge in [-0.3, -0.25) is 0 Å². The molecule has 3 nitrogen and oxygen atoms in total. The van der Waals surface area contributed by atoms with E-state index in [-0.39, 0.29) is 17.3 Å². The molecule has 0 amide bonds. The average Bonchev–Trinajstić information content (AvgIpc) is 2.81. The van der Waals surface area contributed by atoms with Crippen molar-refractivity contribution in [2.75, 3.05) is 23.4 Å². The summed E-state index contributed by atoms with van der Waals surface area (Å²) in [4.78, 5) is 0. The first kappa shape index (κ1) is 14.8. The second kappa shape index (κ2) is 6.23. The van der Waals surface area contributed by atoms with Gasteiger partial charge in [0.05, 0.1) is 17.6 Å². The quantitative estimate of drug-likeness (QED) is 0.724. The number of alkyl halides is 1. The highest BCUT2D eigenvalue weighted by atomic mass is 79.9. The number of halogens is 1. The van der Waals surface area contributed by atoms with Crippen LogP contribution in [0.15, 0.2) is 0 Å². The van der Waals surface area contributed by atoms with Gasteiger partial charge in [-0.2, -0.15) is 0 Å². The Morgan fingerprint density at radius 2 is 1.89 bits per heavy atom. The summed E-state index contributed by atoms with van der Waals surface area (Å²) < 4.78 is 30.1. The summed E-state index contributed by atoms with van der Waals surface area (Å²) in [5.74, 6) is 0.562. The molecule has 106 valence electrons. The first-order valence-electron chi connectivity index (χ1n) is 6.93. The summed E-state index contributed by atoms with van der Waals surface area (Å²) in [7, 11) is -2.99. The fraction of sp³-hybridized carbons (Fsp3) is 1.00. The van der Waals surface area contributed by atoms with Crippen molar-refractivity contribution in [3.05, 3.63) is 0 Å². The van der Waals surface area contributed by atoms with Gasteiger partial charge in [0.25, 0.3) is 0 Å². The Bertz CT molecular complexity index is 354. The normalized spacial score (nSPS) is 28.4. The van der Waals surface area contributed by atoms with E-state index in [2.05, 4.69) is 15.9 Å². The van der Waals surface area contributed by atoms with Crippen LogP contribution >= 0.6 is 15.9 Å². The van der Waals surface area contributed by atoms with Gasteiger partial charge in [-0.05, 0) is 31.1 Å². The molecule has 0 aromatic heterocycles. The molecule has 2 fully saturated rings. The molecule has 1 saturated carbocycles. The second-order valence-electron chi connectivity index (χ2n) is 5.88. The van der Waals surface area contributed by atoms with Crippen molar-refractivity contribution in [1.82, 2.24) is 0 Å². The van der Waals surface area contributed by atoms with Gasteiger partial charge in [0, 0.05) is 11.9 Å². The molecule has 1 aliphatic carbocycles. The van der Waals surface area contributed by atoms with Crippen molar-refractivity contribution in [1.29, 1.82) is 0 Å². The van der Waals surface area contributed by atoms with Crippen molar-refractivity contribution in [3.8, 4) is 0 Å². The minimum Gasteiger partial charge on any atom is -0.377 e. The van der Waals surface area contributed by atoms with Gasteiger partial charge < -0.3 is 4.74 Å². The van der Waals surface area contributed by atoms with Crippen molar-refractivity contribution >= 4 is 25.8 Å². The number of rotatable bonds is 5. The zero-order chi connectivity index (χ0) is 13.1. The fourth-order valence-electron chi connectivity index (χ4n) is 3.20. The van der Waals surface area contributed by atoms with Gasteiger partial charge in [0.1, 0.15) is 0 Å². The lowest BCUT2D eigenvalue weighted by molar-refractivity contribution is 0.127. The molecule has 0 N–H and O–H groups in total. The first-order valence-corrected chi connectivity index (χ1v) is 9.88. The molecule has 1 saturated heterocycles. The van der Waals surface area contributed by atoms with E-state index in [1.807, 2.05) is 0 Å². The lowest BCUT2D eigenvalue weighted by Gasteiger charge is -2.35.